The average molecular weight is 576 g/mol. The van der Waals surface area contributed by atoms with Crippen LogP contribution < -0.4 is 16.0 Å². The maximum Gasteiger partial charge on any atom is 0.500 e. The molecular weight excluding hydrogens is 518 g/mol. The lowest BCUT2D eigenvalue weighted by molar-refractivity contribution is -0.123. The van der Waals surface area contributed by atoms with Crippen LogP contribution in [0.25, 0.3) is 0 Å². The van der Waals surface area contributed by atoms with Crippen molar-refractivity contribution in [1.29, 1.82) is 0 Å². The highest BCUT2D eigenvalue weighted by Gasteiger charge is 2.37. The molecule has 0 saturated heterocycles. The van der Waals surface area contributed by atoms with Crippen molar-refractivity contribution in [2.45, 2.75) is 97.8 Å². The van der Waals surface area contributed by atoms with Crippen molar-refractivity contribution in [1.82, 2.24) is 25.8 Å². The lowest BCUT2D eigenvalue weighted by Gasteiger charge is -2.29. The van der Waals surface area contributed by atoms with Gasteiger partial charge in [0.15, 0.2) is 0 Å². The maximum absolute atomic E-state index is 12.3. The quantitative estimate of drug-likeness (QED) is 0.158. The van der Waals surface area contributed by atoms with E-state index in [2.05, 4.69) is 25.8 Å². The monoisotopic (exact) mass is 575 g/mol. The predicted molar refractivity (Wildman–Crippen MR) is 157 cm³/mol. The highest BCUT2D eigenvalue weighted by molar-refractivity contribution is 6.60. The van der Waals surface area contributed by atoms with E-state index < -0.39 is 8.80 Å². The standard InChI is InChI=1S/C27H57N5O6Si/c1-22(2)28-25(33)12-10-15-31(17-13-26(34)29-23(3)4)19-20-32(18-14-27(35)30-24(5)6)16-11-21-39(36-7,37-8)38-9/h22-24H,10-21H2,1-9H3,(H,28,33)(H,29,34)(H,30,35). The lowest BCUT2D eigenvalue weighted by Crippen LogP contribution is -2.44. The van der Waals surface area contributed by atoms with Crippen LogP contribution in [0.1, 0.15) is 73.6 Å². The summed E-state index contributed by atoms with van der Waals surface area (Å²) in [6, 6.07) is 0.990. The normalized spacial score (nSPS) is 12.2. The van der Waals surface area contributed by atoms with Crippen LogP contribution in [-0.4, -0.2) is 115 Å². The Morgan fingerprint density at radius 2 is 0.923 bits per heavy atom. The molecule has 0 aliphatic carbocycles. The number of amides is 3. The van der Waals surface area contributed by atoms with Crippen molar-refractivity contribution in [3.8, 4) is 0 Å². The molecule has 0 aromatic heterocycles. The Bertz CT molecular complexity index is 683. The van der Waals surface area contributed by atoms with Gasteiger partial charge in [-0.2, -0.15) is 0 Å². The fraction of sp³-hybridized carbons (Fsp3) is 0.889. The summed E-state index contributed by atoms with van der Waals surface area (Å²) in [4.78, 5) is 41.3. The minimum atomic E-state index is -2.67. The van der Waals surface area contributed by atoms with Gasteiger partial charge in [-0.15, -0.1) is 0 Å². The number of nitrogens with zero attached hydrogens (tertiary/aromatic N) is 2. The molecule has 0 bridgehead atoms. The van der Waals surface area contributed by atoms with Gasteiger partial charge in [0, 0.05) is 90.9 Å². The topological polar surface area (TPSA) is 121 Å². The Kier molecular flexibility index (Phi) is 20.4. The Balaban J connectivity index is 5.23. The molecular formula is C27H57N5O6Si. The number of carbonyl (C=O) groups is 3. The summed E-state index contributed by atoms with van der Waals surface area (Å²) in [5.41, 5.74) is 0. The minimum Gasteiger partial charge on any atom is -0.377 e. The molecule has 0 aliphatic heterocycles. The first kappa shape index (κ1) is 37.4. The summed E-state index contributed by atoms with van der Waals surface area (Å²) in [6.45, 7) is 15.9. The molecule has 0 aliphatic rings. The fourth-order valence-corrected chi connectivity index (χ4v) is 5.90. The number of carbonyl (C=O) groups excluding carboxylic acids is 3. The third-order valence-corrected chi connectivity index (χ3v) is 8.99. The van der Waals surface area contributed by atoms with Crippen LogP contribution in [0.3, 0.4) is 0 Å². The SMILES string of the molecule is CO[Si](CCCN(CCC(=O)NC(C)C)CCN(CCCC(=O)NC(C)C)CCC(=O)NC(C)C)(OC)OC. The first-order chi connectivity index (χ1) is 18.4. The zero-order chi connectivity index (χ0) is 29.8. The minimum absolute atomic E-state index is 0.0229. The summed E-state index contributed by atoms with van der Waals surface area (Å²) in [5, 5.41) is 8.84. The number of hydrogen-bond donors (Lipinski definition) is 3. The Morgan fingerprint density at radius 1 is 0.564 bits per heavy atom. The van der Waals surface area contributed by atoms with Crippen LogP contribution in [-0.2, 0) is 27.7 Å². The van der Waals surface area contributed by atoms with Crippen LogP contribution >= 0.6 is 0 Å². The molecule has 11 nitrogen and oxygen atoms in total. The van der Waals surface area contributed by atoms with E-state index in [1.165, 1.54) is 0 Å². The van der Waals surface area contributed by atoms with Crippen LogP contribution in [0.5, 0.6) is 0 Å². The van der Waals surface area contributed by atoms with Gasteiger partial charge < -0.3 is 39.0 Å². The summed E-state index contributed by atoms with van der Waals surface area (Å²) < 4.78 is 16.7. The van der Waals surface area contributed by atoms with Crippen LogP contribution in [0.4, 0.5) is 0 Å². The van der Waals surface area contributed by atoms with Gasteiger partial charge in [-0.3, -0.25) is 14.4 Å². The third-order valence-electron chi connectivity index (χ3n) is 6.16. The van der Waals surface area contributed by atoms with E-state index in [0.717, 1.165) is 32.6 Å². The van der Waals surface area contributed by atoms with Crippen molar-refractivity contribution in [2.24, 2.45) is 0 Å². The molecule has 0 heterocycles. The van der Waals surface area contributed by atoms with E-state index in [0.29, 0.717) is 44.8 Å². The Morgan fingerprint density at radius 3 is 1.28 bits per heavy atom. The fourth-order valence-electron chi connectivity index (χ4n) is 4.19. The van der Waals surface area contributed by atoms with E-state index in [4.69, 9.17) is 13.3 Å². The molecule has 0 aromatic carbocycles. The number of hydrogen-bond acceptors (Lipinski definition) is 8. The Labute approximate surface area is 238 Å². The smallest absolute Gasteiger partial charge is 0.377 e. The highest BCUT2D eigenvalue weighted by Crippen LogP contribution is 2.15. The van der Waals surface area contributed by atoms with Crippen molar-refractivity contribution >= 4 is 26.5 Å². The van der Waals surface area contributed by atoms with Crippen LogP contribution in [0.15, 0.2) is 0 Å². The second-order valence-electron chi connectivity index (χ2n) is 10.9. The Hall–Kier alpha value is -1.57. The van der Waals surface area contributed by atoms with Gasteiger partial charge >= 0.3 is 8.80 Å². The second kappa shape index (κ2) is 21.2. The summed E-state index contributed by atoms with van der Waals surface area (Å²) in [7, 11) is 2.17. The molecule has 230 valence electrons. The largest absolute Gasteiger partial charge is 0.500 e. The van der Waals surface area contributed by atoms with E-state index in [9.17, 15) is 14.4 Å². The van der Waals surface area contributed by atoms with E-state index in [1.807, 2.05) is 41.5 Å². The first-order valence-electron chi connectivity index (χ1n) is 14.3. The summed E-state index contributed by atoms with van der Waals surface area (Å²) in [5.74, 6) is 0.0971. The third kappa shape index (κ3) is 19.2. The molecule has 0 unspecified atom stereocenters. The molecule has 0 aromatic rings. The molecule has 3 N–H and O–H groups in total. The first-order valence-corrected chi connectivity index (χ1v) is 16.3. The summed E-state index contributed by atoms with van der Waals surface area (Å²) >= 11 is 0. The van der Waals surface area contributed by atoms with Crippen LogP contribution in [0.2, 0.25) is 6.04 Å². The zero-order valence-corrected chi connectivity index (χ0v) is 27.1. The maximum atomic E-state index is 12.3. The molecule has 0 saturated carbocycles. The van der Waals surface area contributed by atoms with E-state index in [-0.39, 0.29) is 35.8 Å². The van der Waals surface area contributed by atoms with Crippen LogP contribution in [0, 0.1) is 0 Å². The van der Waals surface area contributed by atoms with Crippen molar-refractivity contribution < 1.29 is 27.7 Å². The van der Waals surface area contributed by atoms with Gasteiger partial charge in [-0.05, 0) is 67.5 Å². The van der Waals surface area contributed by atoms with Crippen molar-refractivity contribution in [2.75, 3.05) is 60.6 Å². The molecule has 0 radical (unpaired) electrons. The van der Waals surface area contributed by atoms with Gasteiger partial charge in [-0.1, -0.05) is 0 Å². The molecule has 0 spiro atoms. The number of nitrogens with one attached hydrogen (secondary N) is 3. The molecule has 3 amide bonds. The zero-order valence-electron chi connectivity index (χ0n) is 26.1. The van der Waals surface area contributed by atoms with Gasteiger partial charge in [0.2, 0.25) is 17.7 Å². The van der Waals surface area contributed by atoms with E-state index in [1.54, 1.807) is 21.3 Å². The second-order valence-corrected chi connectivity index (χ2v) is 13.9. The lowest BCUT2D eigenvalue weighted by atomic mass is 10.2. The predicted octanol–water partition coefficient (Wildman–Crippen LogP) is 1.99. The van der Waals surface area contributed by atoms with Gasteiger partial charge in [0.25, 0.3) is 0 Å². The summed E-state index contributed by atoms with van der Waals surface area (Å²) in [6.07, 6.45) is 2.77. The van der Waals surface area contributed by atoms with Gasteiger partial charge in [0.1, 0.15) is 0 Å². The molecule has 0 atom stereocenters. The van der Waals surface area contributed by atoms with Crippen molar-refractivity contribution in [3.05, 3.63) is 0 Å². The van der Waals surface area contributed by atoms with Gasteiger partial charge in [-0.25, -0.2) is 0 Å². The van der Waals surface area contributed by atoms with Crippen molar-refractivity contribution in [3.63, 3.8) is 0 Å². The molecule has 39 heavy (non-hydrogen) atoms. The van der Waals surface area contributed by atoms with Gasteiger partial charge in [0.05, 0.1) is 0 Å². The number of rotatable bonds is 23. The van der Waals surface area contributed by atoms with E-state index >= 15 is 0 Å². The molecule has 12 heteroatoms. The average Bonchev–Trinajstić information content (AvgIpc) is 2.84. The molecule has 0 rings (SSSR count). The highest BCUT2D eigenvalue weighted by atomic mass is 28.4. The molecule has 0 fully saturated rings.